The van der Waals surface area contributed by atoms with E-state index >= 15 is 0 Å². The number of ether oxygens (including phenoxy) is 2. The molecule has 35 heavy (non-hydrogen) atoms. The van der Waals surface area contributed by atoms with Crippen LogP contribution < -0.4 is 23.8 Å². The molecule has 2 N–H and O–H groups in total. The van der Waals surface area contributed by atoms with E-state index in [1.165, 1.54) is 50.6 Å². The first-order valence-corrected chi connectivity index (χ1v) is 13.5. The van der Waals surface area contributed by atoms with E-state index in [9.17, 15) is 21.6 Å². The van der Waals surface area contributed by atoms with Crippen molar-refractivity contribution in [1.29, 1.82) is 0 Å². The number of carbonyl (C=O) groups excluding carboxylic acids is 1. The molecular weight excluding hydrogens is 494 g/mol. The maximum atomic E-state index is 12.7. The van der Waals surface area contributed by atoms with Gasteiger partial charge in [-0.25, -0.2) is 16.8 Å². The van der Waals surface area contributed by atoms with Crippen LogP contribution in [0.2, 0.25) is 0 Å². The predicted molar refractivity (Wildman–Crippen MR) is 134 cm³/mol. The van der Waals surface area contributed by atoms with Crippen LogP contribution in [0.25, 0.3) is 0 Å². The maximum absolute atomic E-state index is 12.7. The normalized spacial score (nSPS) is 11.4. The van der Waals surface area contributed by atoms with Crippen molar-refractivity contribution in [2.75, 3.05) is 41.4 Å². The second-order valence-corrected chi connectivity index (χ2v) is 10.9. The van der Waals surface area contributed by atoms with Crippen molar-refractivity contribution in [3.05, 3.63) is 72.8 Å². The molecule has 0 heterocycles. The number of nitrogens with one attached hydrogen (secondary N) is 2. The summed E-state index contributed by atoms with van der Waals surface area (Å²) in [7, 11) is -4.83. The molecular formula is C23H25N3O7S2. The van der Waals surface area contributed by atoms with Gasteiger partial charge in [0, 0.05) is 17.4 Å². The van der Waals surface area contributed by atoms with Crippen molar-refractivity contribution >= 4 is 43.0 Å². The summed E-state index contributed by atoms with van der Waals surface area (Å²) >= 11 is 0. The van der Waals surface area contributed by atoms with Gasteiger partial charge < -0.3 is 14.8 Å². The van der Waals surface area contributed by atoms with Crippen LogP contribution in [0.1, 0.15) is 0 Å². The number of para-hydroxylation sites is 1. The van der Waals surface area contributed by atoms with Gasteiger partial charge in [0.05, 0.1) is 31.1 Å². The lowest BCUT2D eigenvalue weighted by atomic mass is 10.2. The Morgan fingerprint density at radius 3 is 2.09 bits per heavy atom. The van der Waals surface area contributed by atoms with Crippen LogP contribution in [-0.2, 0) is 24.8 Å². The number of nitrogens with zero attached hydrogens (tertiary/aromatic N) is 1. The SMILES string of the molecule is COc1ccc(N(CC(=O)Nc2ccc(S(=O)(=O)Nc3ccccc3)cc2)S(C)(=O)=O)c(OC)c1. The molecule has 0 fully saturated rings. The highest BCUT2D eigenvalue weighted by Crippen LogP contribution is 2.33. The summed E-state index contributed by atoms with van der Waals surface area (Å²) in [5.41, 5.74) is 0.878. The molecule has 10 nitrogen and oxygen atoms in total. The third kappa shape index (κ3) is 6.64. The minimum Gasteiger partial charge on any atom is -0.497 e. The van der Waals surface area contributed by atoms with Crippen LogP contribution in [0.3, 0.4) is 0 Å². The molecule has 0 saturated carbocycles. The second-order valence-electron chi connectivity index (χ2n) is 7.35. The monoisotopic (exact) mass is 519 g/mol. The fourth-order valence-corrected chi connectivity index (χ4v) is 5.06. The van der Waals surface area contributed by atoms with Crippen molar-refractivity contribution in [3.8, 4) is 11.5 Å². The van der Waals surface area contributed by atoms with E-state index in [0.717, 1.165) is 10.6 Å². The number of methoxy groups -OCH3 is 2. The fourth-order valence-electron chi connectivity index (χ4n) is 3.14. The van der Waals surface area contributed by atoms with E-state index in [1.54, 1.807) is 36.4 Å². The molecule has 3 rings (SSSR count). The number of rotatable bonds is 10. The van der Waals surface area contributed by atoms with E-state index in [-0.39, 0.29) is 16.3 Å². The molecule has 0 aliphatic carbocycles. The van der Waals surface area contributed by atoms with E-state index in [4.69, 9.17) is 9.47 Å². The Morgan fingerprint density at radius 2 is 1.51 bits per heavy atom. The number of amides is 1. The van der Waals surface area contributed by atoms with Gasteiger partial charge in [0.25, 0.3) is 10.0 Å². The van der Waals surface area contributed by atoms with Crippen molar-refractivity contribution in [2.45, 2.75) is 4.90 Å². The minimum atomic E-state index is -3.85. The van der Waals surface area contributed by atoms with Gasteiger partial charge in [-0.05, 0) is 48.5 Å². The van der Waals surface area contributed by atoms with Gasteiger partial charge in [-0.3, -0.25) is 13.8 Å². The van der Waals surface area contributed by atoms with E-state index in [0.29, 0.717) is 17.1 Å². The molecule has 0 atom stereocenters. The number of benzene rings is 3. The maximum Gasteiger partial charge on any atom is 0.261 e. The highest BCUT2D eigenvalue weighted by molar-refractivity contribution is 7.92. The molecule has 0 aromatic heterocycles. The number of hydrogen-bond acceptors (Lipinski definition) is 7. The Balaban J connectivity index is 1.75. The predicted octanol–water partition coefficient (Wildman–Crippen LogP) is 2.91. The fraction of sp³-hybridized carbons (Fsp3) is 0.174. The molecule has 186 valence electrons. The van der Waals surface area contributed by atoms with Crippen molar-refractivity contribution in [3.63, 3.8) is 0 Å². The largest absolute Gasteiger partial charge is 0.497 e. The Labute approximate surface area is 204 Å². The van der Waals surface area contributed by atoms with Crippen LogP contribution in [-0.4, -0.2) is 49.8 Å². The zero-order valence-electron chi connectivity index (χ0n) is 19.3. The Morgan fingerprint density at radius 1 is 0.857 bits per heavy atom. The number of carbonyl (C=O) groups is 1. The lowest BCUT2D eigenvalue weighted by Gasteiger charge is -2.24. The zero-order valence-corrected chi connectivity index (χ0v) is 20.9. The van der Waals surface area contributed by atoms with Gasteiger partial charge in [0.2, 0.25) is 15.9 Å². The highest BCUT2D eigenvalue weighted by atomic mass is 32.2. The van der Waals surface area contributed by atoms with Gasteiger partial charge in [-0.1, -0.05) is 18.2 Å². The first-order chi connectivity index (χ1) is 16.5. The smallest absolute Gasteiger partial charge is 0.261 e. The summed E-state index contributed by atoms with van der Waals surface area (Å²) in [5, 5.41) is 2.58. The molecule has 1 amide bonds. The van der Waals surface area contributed by atoms with E-state index < -0.39 is 32.5 Å². The summed E-state index contributed by atoms with van der Waals surface area (Å²) in [6.07, 6.45) is 0.976. The van der Waals surface area contributed by atoms with Crippen molar-refractivity contribution < 1.29 is 31.1 Å². The van der Waals surface area contributed by atoms with Crippen molar-refractivity contribution in [2.24, 2.45) is 0 Å². The Hall–Kier alpha value is -3.77. The lowest BCUT2D eigenvalue weighted by Crippen LogP contribution is -2.37. The molecule has 0 unspecified atom stereocenters. The summed E-state index contributed by atoms with van der Waals surface area (Å²) < 4.78 is 63.8. The average Bonchev–Trinajstić information content (AvgIpc) is 2.82. The minimum absolute atomic E-state index is 0.0000775. The van der Waals surface area contributed by atoms with Crippen LogP contribution in [0.15, 0.2) is 77.7 Å². The average molecular weight is 520 g/mol. The van der Waals surface area contributed by atoms with Gasteiger partial charge >= 0.3 is 0 Å². The highest BCUT2D eigenvalue weighted by Gasteiger charge is 2.24. The standard InChI is InChI=1S/C23H25N3O7S2/c1-32-19-11-14-21(22(15-19)33-2)26(34(3,28)29)16-23(27)24-17-9-12-20(13-10-17)35(30,31)25-18-7-5-4-6-8-18/h4-15,25H,16H2,1-3H3,(H,24,27). The summed E-state index contributed by atoms with van der Waals surface area (Å²) in [6.45, 7) is -0.531. The van der Waals surface area contributed by atoms with E-state index in [2.05, 4.69) is 10.0 Å². The molecule has 3 aromatic rings. The molecule has 0 aliphatic rings. The lowest BCUT2D eigenvalue weighted by molar-refractivity contribution is -0.114. The quantitative estimate of drug-likeness (QED) is 0.421. The summed E-state index contributed by atoms with van der Waals surface area (Å²) in [4.78, 5) is 12.7. The van der Waals surface area contributed by atoms with Gasteiger partial charge in [0.15, 0.2) is 0 Å². The van der Waals surface area contributed by atoms with Gasteiger partial charge in [-0.15, -0.1) is 0 Å². The molecule has 0 radical (unpaired) electrons. The van der Waals surface area contributed by atoms with E-state index in [1.807, 2.05) is 0 Å². The number of sulfonamides is 2. The molecule has 0 aliphatic heterocycles. The third-order valence-corrected chi connectivity index (χ3v) is 7.34. The third-order valence-electron chi connectivity index (χ3n) is 4.82. The molecule has 12 heteroatoms. The van der Waals surface area contributed by atoms with Crippen LogP contribution >= 0.6 is 0 Å². The molecule has 3 aromatic carbocycles. The zero-order chi connectivity index (χ0) is 25.6. The van der Waals surface area contributed by atoms with Gasteiger partial charge in [0.1, 0.15) is 18.0 Å². The molecule has 0 saturated heterocycles. The number of anilines is 3. The topological polar surface area (TPSA) is 131 Å². The van der Waals surface area contributed by atoms with Crippen LogP contribution in [0, 0.1) is 0 Å². The van der Waals surface area contributed by atoms with Crippen molar-refractivity contribution in [1.82, 2.24) is 0 Å². The first-order valence-electron chi connectivity index (χ1n) is 10.2. The first kappa shape index (κ1) is 25.8. The molecule has 0 bridgehead atoms. The Bertz CT molecular complexity index is 1390. The second kappa shape index (κ2) is 10.7. The van der Waals surface area contributed by atoms with Gasteiger partial charge in [-0.2, -0.15) is 0 Å². The summed E-state index contributed by atoms with van der Waals surface area (Å²) in [6, 6.07) is 18.5. The van der Waals surface area contributed by atoms with Crippen LogP contribution in [0.5, 0.6) is 11.5 Å². The number of hydrogen-bond donors (Lipinski definition) is 2. The molecule has 0 spiro atoms. The van der Waals surface area contributed by atoms with Crippen LogP contribution in [0.4, 0.5) is 17.1 Å². The summed E-state index contributed by atoms with van der Waals surface area (Å²) in [5.74, 6) is 0.0367. The Kier molecular flexibility index (Phi) is 7.87.